The van der Waals surface area contributed by atoms with Gasteiger partial charge in [-0.1, -0.05) is 12.8 Å². The van der Waals surface area contributed by atoms with Crippen molar-refractivity contribution in [3.63, 3.8) is 0 Å². The number of aryl methyl sites for hydroxylation is 1. The third kappa shape index (κ3) is 3.32. The first-order valence-corrected chi connectivity index (χ1v) is 6.54. The molecule has 0 radical (unpaired) electrons. The van der Waals surface area contributed by atoms with Gasteiger partial charge in [-0.25, -0.2) is 0 Å². The lowest BCUT2D eigenvalue weighted by molar-refractivity contribution is -0.117. The van der Waals surface area contributed by atoms with Crippen LogP contribution in [0.2, 0.25) is 0 Å². The fourth-order valence-electron chi connectivity index (χ4n) is 1.74. The topological polar surface area (TPSA) is 84.0 Å². The molecule has 1 fully saturated rings. The zero-order chi connectivity index (χ0) is 14.5. The lowest BCUT2D eigenvalue weighted by Gasteiger charge is -2.08. The van der Waals surface area contributed by atoms with E-state index < -0.39 is 0 Å². The molecule has 1 heterocycles. The number of aromatic nitrogens is 2. The average Bonchev–Trinajstić information content (AvgIpc) is 3.29. The molecule has 20 heavy (non-hydrogen) atoms. The summed E-state index contributed by atoms with van der Waals surface area (Å²) in [4.78, 5) is 23.5. The van der Waals surface area contributed by atoms with Crippen molar-refractivity contribution in [2.24, 2.45) is 5.92 Å². The molecule has 0 aromatic carbocycles. The Morgan fingerprint density at radius 3 is 2.80 bits per heavy atom. The highest BCUT2D eigenvalue weighted by molar-refractivity contribution is 5.95. The van der Waals surface area contributed by atoms with Gasteiger partial charge in [0.05, 0.1) is 6.54 Å². The Hall–Kier alpha value is -2.42. The molecule has 0 bridgehead atoms. The molecule has 0 atom stereocenters. The van der Waals surface area contributed by atoms with Crippen molar-refractivity contribution < 1.29 is 9.59 Å². The van der Waals surface area contributed by atoms with Gasteiger partial charge in [0.2, 0.25) is 5.91 Å². The van der Waals surface area contributed by atoms with E-state index in [0.717, 1.165) is 18.4 Å². The van der Waals surface area contributed by atoms with Crippen LogP contribution in [-0.4, -0.2) is 28.6 Å². The summed E-state index contributed by atoms with van der Waals surface area (Å²) in [5.41, 5.74) is 0.966. The van der Waals surface area contributed by atoms with Crippen LogP contribution in [0.5, 0.6) is 0 Å². The Morgan fingerprint density at radius 2 is 2.20 bits per heavy atom. The minimum absolute atomic E-state index is 0.0362. The van der Waals surface area contributed by atoms with Crippen LogP contribution in [0, 0.1) is 18.3 Å². The molecule has 2 amide bonds. The molecule has 0 spiro atoms. The second-order valence-corrected chi connectivity index (χ2v) is 4.61. The van der Waals surface area contributed by atoms with Gasteiger partial charge in [0.15, 0.2) is 11.5 Å². The molecule has 0 unspecified atom stereocenters. The number of nitrogens with one attached hydrogen (secondary N) is 2. The number of hydrogen-bond donors (Lipinski definition) is 2. The first-order chi connectivity index (χ1) is 9.65. The first-order valence-electron chi connectivity index (χ1n) is 6.54. The quantitative estimate of drug-likeness (QED) is 0.775. The summed E-state index contributed by atoms with van der Waals surface area (Å²) in [5, 5.41) is 13.0. The minimum atomic E-state index is -0.354. The summed E-state index contributed by atoms with van der Waals surface area (Å²) in [5.74, 6) is 2.41. The second-order valence-electron chi connectivity index (χ2n) is 4.61. The SMILES string of the molecule is C#CCNC(=O)c1nnc(NC(=O)C2CC2)cc1CC. The van der Waals surface area contributed by atoms with E-state index >= 15 is 0 Å². The highest BCUT2D eigenvalue weighted by Crippen LogP contribution is 2.30. The predicted octanol–water partition coefficient (Wildman–Crippen LogP) is 0.750. The maximum absolute atomic E-state index is 11.8. The Balaban J connectivity index is 2.12. The number of carbonyl (C=O) groups is 2. The van der Waals surface area contributed by atoms with Gasteiger partial charge in [0.25, 0.3) is 5.91 Å². The van der Waals surface area contributed by atoms with Gasteiger partial charge in [-0.2, -0.15) is 0 Å². The van der Waals surface area contributed by atoms with E-state index in [1.54, 1.807) is 6.07 Å². The number of amides is 2. The number of nitrogens with zero attached hydrogens (tertiary/aromatic N) is 2. The van der Waals surface area contributed by atoms with E-state index in [1.807, 2.05) is 6.92 Å². The summed E-state index contributed by atoms with van der Waals surface area (Å²) >= 11 is 0. The van der Waals surface area contributed by atoms with Crippen molar-refractivity contribution >= 4 is 17.6 Å². The second kappa shape index (κ2) is 6.15. The summed E-state index contributed by atoms with van der Waals surface area (Å²) < 4.78 is 0. The first kappa shape index (κ1) is 14.0. The third-order valence-corrected chi connectivity index (χ3v) is 3.02. The highest BCUT2D eigenvalue weighted by Gasteiger charge is 2.30. The van der Waals surface area contributed by atoms with Crippen LogP contribution in [-0.2, 0) is 11.2 Å². The Kier molecular flexibility index (Phi) is 4.31. The van der Waals surface area contributed by atoms with Crippen LogP contribution in [0.3, 0.4) is 0 Å². The van der Waals surface area contributed by atoms with Gasteiger partial charge < -0.3 is 10.6 Å². The molecule has 1 aromatic rings. The zero-order valence-electron chi connectivity index (χ0n) is 11.3. The summed E-state index contributed by atoms with van der Waals surface area (Å²) in [6.07, 6.45) is 7.55. The Bertz CT molecular complexity index is 573. The van der Waals surface area contributed by atoms with Gasteiger partial charge in [-0.05, 0) is 30.9 Å². The molecule has 1 saturated carbocycles. The predicted molar refractivity (Wildman–Crippen MR) is 73.9 cm³/mol. The molecular weight excluding hydrogens is 256 g/mol. The average molecular weight is 272 g/mol. The maximum Gasteiger partial charge on any atom is 0.272 e. The normalized spacial score (nSPS) is 13.4. The highest BCUT2D eigenvalue weighted by atomic mass is 16.2. The van der Waals surface area contributed by atoms with E-state index in [2.05, 4.69) is 26.8 Å². The molecule has 6 nitrogen and oxygen atoms in total. The molecule has 2 N–H and O–H groups in total. The van der Waals surface area contributed by atoms with Gasteiger partial charge >= 0.3 is 0 Å². The van der Waals surface area contributed by atoms with Crippen molar-refractivity contribution in [3.05, 3.63) is 17.3 Å². The van der Waals surface area contributed by atoms with Gasteiger partial charge in [-0.3, -0.25) is 9.59 Å². The molecule has 0 saturated heterocycles. The van der Waals surface area contributed by atoms with Crippen molar-refractivity contribution in [3.8, 4) is 12.3 Å². The monoisotopic (exact) mass is 272 g/mol. The standard InChI is InChI=1S/C14H16N4O2/c1-3-7-15-14(20)12-9(4-2)8-11(17-18-12)16-13(19)10-5-6-10/h1,8,10H,4-7H2,2H3,(H,15,20)(H,16,17,19). The van der Waals surface area contributed by atoms with Crippen molar-refractivity contribution in [1.82, 2.24) is 15.5 Å². The molecule has 1 aromatic heterocycles. The molecule has 1 aliphatic rings. The van der Waals surface area contributed by atoms with Crippen LogP contribution < -0.4 is 10.6 Å². The molecule has 1 aliphatic carbocycles. The minimum Gasteiger partial charge on any atom is -0.340 e. The maximum atomic E-state index is 11.8. The van der Waals surface area contributed by atoms with Gasteiger partial charge in [-0.15, -0.1) is 16.6 Å². The largest absolute Gasteiger partial charge is 0.340 e. The van der Waals surface area contributed by atoms with Crippen LogP contribution in [0.1, 0.15) is 35.8 Å². The van der Waals surface area contributed by atoms with Crippen LogP contribution in [0.4, 0.5) is 5.82 Å². The van der Waals surface area contributed by atoms with Crippen LogP contribution in [0.25, 0.3) is 0 Å². The Morgan fingerprint density at radius 1 is 1.45 bits per heavy atom. The molecule has 0 aliphatic heterocycles. The number of hydrogen-bond acceptors (Lipinski definition) is 4. The van der Waals surface area contributed by atoms with Crippen LogP contribution in [0.15, 0.2) is 6.07 Å². The fraction of sp³-hybridized carbons (Fsp3) is 0.429. The molecule has 2 rings (SSSR count). The van der Waals surface area contributed by atoms with Gasteiger partial charge in [0.1, 0.15) is 0 Å². The van der Waals surface area contributed by atoms with E-state index in [0.29, 0.717) is 12.2 Å². The number of carbonyl (C=O) groups excluding carboxylic acids is 2. The van der Waals surface area contributed by atoms with Gasteiger partial charge in [0, 0.05) is 5.92 Å². The van der Waals surface area contributed by atoms with Crippen molar-refractivity contribution in [2.45, 2.75) is 26.2 Å². The molecule has 104 valence electrons. The lowest BCUT2D eigenvalue weighted by Crippen LogP contribution is -2.26. The van der Waals surface area contributed by atoms with Crippen LogP contribution >= 0.6 is 0 Å². The summed E-state index contributed by atoms with van der Waals surface area (Å²) in [7, 11) is 0. The summed E-state index contributed by atoms with van der Waals surface area (Å²) in [6, 6.07) is 1.68. The summed E-state index contributed by atoms with van der Waals surface area (Å²) in [6.45, 7) is 2.05. The van der Waals surface area contributed by atoms with E-state index in [4.69, 9.17) is 6.42 Å². The van der Waals surface area contributed by atoms with E-state index in [-0.39, 0.29) is 30.0 Å². The van der Waals surface area contributed by atoms with E-state index in [9.17, 15) is 9.59 Å². The molecular formula is C14H16N4O2. The number of anilines is 1. The van der Waals surface area contributed by atoms with Crippen molar-refractivity contribution in [1.29, 1.82) is 0 Å². The lowest BCUT2D eigenvalue weighted by atomic mass is 10.1. The fourth-order valence-corrected chi connectivity index (χ4v) is 1.74. The third-order valence-electron chi connectivity index (χ3n) is 3.02. The smallest absolute Gasteiger partial charge is 0.272 e. The number of rotatable bonds is 5. The number of terminal acetylenes is 1. The zero-order valence-corrected chi connectivity index (χ0v) is 11.3. The van der Waals surface area contributed by atoms with E-state index in [1.165, 1.54) is 0 Å². The Labute approximate surface area is 117 Å². The molecule has 6 heteroatoms. The van der Waals surface area contributed by atoms with Crippen molar-refractivity contribution in [2.75, 3.05) is 11.9 Å².